The van der Waals surface area contributed by atoms with E-state index in [9.17, 15) is 37.5 Å². The molecule has 9 rings (SSSR count). The molecule has 14 nitrogen and oxygen atoms in total. The number of phenols is 1. The number of aromatic nitrogens is 4. The van der Waals surface area contributed by atoms with Crippen molar-refractivity contribution in [1.29, 1.82) is 0 Å². The van der Waals surface area contributed by atoms with Crippen LogP contribution in [0.3, 0.4) is 0 Å². The normalized spacial score (nSPS) is 20.2. The molecule has 3 saturated heterocycles. The zero-order valence-electron chi connectivity index (χ0n) is 34.2. The van der Waals surface area contributed by atoms with E-state index in [0.717, 1.165) is 85.6 Å². The number of hydrogen-bond acceptors (Lipinski definition) is 9. The fourth-order valence-corrected chi connectivity index (χ4v) is 9.44. The second-order valence-electron chi connectivity index (χ2n) is 17.1. The molecular formula is C45H46F3N9O5. The fraction of sp³-hybridized carbons (Fsp3) is 0.400. The van der Waals surface area contributed by atoms with Crippen LogP contribution >= 0.6 is 0 Å². The molecule has 4 aliphatic rings. The molecule has 0 radical (unpaired) electrons. The zero-order chi connectivity index (χ0) is 43.3. The number of likely N-dealkylation sites (tertiary alicyclic amines) is 1. The second-order valence-corrected chi connectivity index (χ2v) is 17.1. The van der Waals surface area contributed by atoms with E-state index in [1.807, 2.05) is 59.4 Å². The van der Waals surface area contributed by atoms with Crippen molar-refractivity contribution in [1.82, 2.24) is 35.3 Å². The molecule has 5 amide bonds. The van der Waals surface area contributed by atoms with Crippen LogP contribution in [0.25, 0.3) is 22.0 Å². The van der Waals surface area contributed by atoms with Crippen LogP contribution in [0.4, 0.5) is 29.6 Å². The lowest BCUT2D eigenvalue weighted by molar-refractivity contribution is -0.120. The molecule has 1 aliphatic carbocycles. The number of piperidine rings is 1. The second kappa shape index (κ2) is 16.4. The summed E-state index contributed by atoms with van der Waals surface area (Å²) in [6.07, 6.45) is 11.8. The summed E-state index contributed by atoms with van der Waals surface area (Å²) in [5.74, 6) is -6.75. The summed E-state index contributed by atoms with van der Waals surface area (Å²) < 4.78 is 43.6. The molecule has 3 aliphatic heterocycles. The Morgan fingerprint density at radius 2 is 1.65 bits per heavy atom. The summed E-state index contributed by atoms with van der Waals surface area (Å²) in [5, 5.41) is 20.1. The standard InChI is InChI=1S/C45H46F3N9O5/c1-26-2-5-29(19-36(26)56-14-10-37(58)52-44(56)62)42(61)54-15-11-45(12-16-54)13-17-55(25-45)43-50-22-31(23-51-43)28-6-7-30-24-57(53-35(30)18-28)32-8-3-27(4-9-32)21-49-41(60)33-20-34(46)40(59)39(48)38(33)47/h2,5-7,18-20,22-24,27,32,59H,3-4,8-17,21,25H2,1H3,(H,49,60)(H,52,58,62)/t27-,32-. The maximum Gasteiger partial charge on any atom is 0.328 e. The van der Waals surface area contributed by atoms with Gasteiger partial charge in [-0.15, -0.1) is 0 Å². The maximum absolute atomic E-state index is 14.2. The number of nitrogens with one attached hydrogen (secondary N) is 2. The van der Waals surface area contributed by atoms with Crippen LogP contribution in [-0.4, -0.2) is 92.8 Å². The molecule has 5 heterocycles. The summed E-state index contributed by atoms with van der Waals surface area (Å²) in [7, 11) is 0. The van der Waals surface area contributed by atoms with E-state index >= 15 is 0 Å². The first kappa shape index (κ1) is 40.9. The Hall–Kier alpha value is -6.52. The number of urea groups is 1. The van der Waals surface area contributed by atoms with E-state index in [1.54, 1.807) is 12.1 Å². The number of imide groups is 1. The van der Waals surface area contributed by atoms with Crippen molar-refractivity contribution in [3.63, 3.8) is 0 Å². The van der Waals surface area contributed by atoms with Gasteiger partial charge in [0.25, 0.3) is 11.8 Å². The van der Waals surface area contributed by atoms with Gasteiger partial charge in [-0.2, -0.15) is 9.49 Å². The van der Waals surface area contributed by atoms with Gasteiger partial charge in [-0.05, 0) is 98.6 Å². The van der Waals surface area contributed by atoms with Gasteiger partial charge < -0.3 is 20.2 Å². The van der Waals surface area contributed by atoms with E-state index < -0.39 is 40.7 Å². The van der Waals surface area contributed by atoms with Crippen LogP contribution in [0.5, 0.6) is 5.75 Å². The molecule has 322 valence electrons. The molecule has 3 N–H and O–H groups in total. The number of anilines is 2. The van der Waals surface area contributed by atoms with E-state index in [-0.39, 0.29) is 48.7 Å². The number of phenolic OH excluding ortho intramolecular Hbond substituents is 1. The molecule has 2 aromatic heterocycles. The summed E-state index contributed by atoms with van der Waals surface area (Å²) in [4.78, 5) is 65.5. The molecule has 4 fully saturated rings. The number of nitrogens with zero attached hydrogens (tertiary/aromatic N) is 7. The molecule has 1 spiro atoms. The van der Waals surface area contributed by atoms with Gasteiger partial charge >= 0.3 is 6.03 Å². The molecule has 17 heteroatoms. The topological polar surface area (TPSA) is 166 Å². The Kier molecular flexibility index (Phi) is 10.8. The third-order valence-electron chi connectivity index (χ3n) is 13.3. The van der Waals surface area contributed by atoms with Crippen molar-refractivity contribution in [2.75, 3.05) is 49.1 Å². The van der Waals surface area contributed by atoms with Gasteiger partial charge in [0.1, 0.15) is 0 Å². The molecule has 1 saturated carbocycles. The number of carbonyl (C=O) groups excluding carboxylic acids is 4. The van der Waals surface area contributed by atoms with Crippen molar-refractivity contribution < 1.29 is 37.5 Å². The van der Waals surface area contributed by atoms with Crippen molar-refractivity contribution in [2.45, 2.75) is 64.3 Å². The Bertz CT molecular complexity index is 2590. The first-order chi connectivity index (χ1) is 29.8. The average Bonchev–Trinajstić information content (AvgIpc) is 3.91. The largest absolute Gasteiger partial charge is 0.503 e. The van der Waals surface area contributed by atoms with Crippen LogP contribution in [0.15, 0.2) is 61.1 Å². The molecule has 0 unspecified atom stereocenters. The van der Waals surface area contributed by atoms with Crippen molar-refractivity contribution >= 4 is 46.3 Å². The number of benzene rings is 3. The van der Waals surface area contributed by atoms with Crippen LogP contribution in [0.2, 0.25) is 0 Å². The minimum Gasteiger partial charge on any atom is -0.503 e. The number of aryl methyl sites for hydroxylation is 1. The van der Waals surface area contributed by atoms with Crippen LogP contribution < -0.4 is 20.4 Å². The number of fused-ring (bicyclic) bond motifs is 1. The van der Waals surface area contributed by atoms with Crippen molar-refractivity contribution in [2.24, 2.45) is 11.3 Å². The summed E-state index contributed by atoms with van der Waals surface area (Å²) >= 11 is 0. The van der Waals surface area contributed by atoms with Crippen molar-refractivity contribution in [3.8, 4) is 16.9 Å². The number of rotatable bonds is 8. The van der Waals surface area contributed by atoms with Crippen LogP contribution in [-0.2, 0) is 4.79 Å². The van der Waals surface area contributed by atoms with Gasteiger partial charge in [0.2, 0.25) is 17.7 Å². The van der Waals surface area contributed by atoms with Gasteiger partial charge in [-0.25, -0.2) is 23.5 Å². The van der Waals surface area contributed by atoms with E-state index in [4.69, 9.17) is 15.1 Å². The Labute approximate surface area is 355 Å². The predicted octanol–water partition coefficient (Wildman–Crippen LogP) is 6.66. The van der Waals surface area contributed by atoms with Crippen LogP contribution in [0.1, 0.15) is 83.7 Å². The lowest BCUT2D eigenvalue weighted by Gasteiger charge is -2.39. The number of amides is 5. The molecule has 62 heavy (non-hydrogen) atoms. The Balaban J connectivity index is 0.769. The Morgan fingerprint density at radius 3 is 2.39 bits per heavy atom. The van der Waals surface area contributed by atoms with E-state index in [1.165, 1.54) is 4.90 Å². The first-order valence-corrected chi connectivity index (χ1v) is 21.1. The van der Waals surface area contributed by atoms with E-state index in [2.05, 4.69) is 15.5 Å². The summed E-state index contributed by atoms with van der Waals surface area (Å²) in [5.41, 5.74) is 3.96. The molecule has 3 aromatic carbocycles. The minimum absolute atomic E-state index is 0.0633. The number of aromatic hydroxyl groups is 1. The van der Waals surface area contributed by atoms with Crippen molar-refractivity contribution in [3.05, 3.63) is 95.2 Å². The number of hydrogen-bond donors (Lipinski definition) is 3. The molecule has 0 atom stereocenters. The van der Waals surface area contributed by atoms with Gasteiger partial charge in [-0.3, -0.25) is 29.3 Å². The monoisotopic (exact) mass is 849 g/mol. The Morgan fingerprint density at radius 1 is 0.903 bits per heavy atom. The molecule has 5 aromatic rings. The van der Waals surface area contributed by atoms with Crippen LogP contribution in [0, 0.1) is 35.7 Å². The molecule has 0 bridgehead atoms. The highest BCUT2D eigenvalue weighted by Gasteiger charge is 2.42. The van der Waals surface area contributed by atoms with E-state index in [0.29, 0.717) is 36.4 Å². The SMILES string of the molecule is Cc1ccc(C(=O)N2CCC3(CC2)CCN(c2ncc(-c4ccc5cn([C@H]6CC[C@H](CNC(=O)c7cc(F)c(O)c(F)c7F)CC6)nc5c4)cn2)C3)cc1N1CCC(=O)NC1=O. The number of carbonyl (C=O) groups is 4. The highest BCUT2D eigenvalue weighted by molar-refractivity contribution is 6.06. The fourth-order valence-electron chi connectivity index (χ4n) is 9.44. The van der Waals surface area contributed by atoms with Gasteiger partial charge in [0.15, 0.2) is 17.4 Å². The maximum atomic E-state index is 14.2. The third kappa shape index (κ3) is 7.91. The lowest BCUT2D eigenvalue weighted by Crippen LogP contribution is -2.50. The summed E-state index contributed by atoms with van der Waals surface area (Å²) in [6, 6.07) is 11.7. The average molecular weight is 850 g/mol. The quantitative estimate of drug-likeness (QED) is 0.145. The third-order valence-corrected chi connectivity index (χ3v) is 13.3. The zero-order valence-corrected chi connectivity index (χ0v) is 34.2. The first-order valence-electron chi connectivity index (χ1n) is 21.1. The smallest absolute Gasteiger partial charge is 0.328 e. The highest BCUT2D eigenvalue weighted by atomic mass is 19.2. The summed E-state index contributed by atoms with van der Waals surface area (Å²) in [6.45, 7) is 5.30. The number of halogens is 3. The molecular weight excluding hydrogens is 804 g/mol. The van der Waals surface area contributed by atoms with Gasteiger partial charge in [-0.1, -0.05) is 18.2 Å². The predicted molar refractivity (Wildman–Crippen MR) is 223 cm³/mol. The highest BCUT2D eigenvalue weighted by Crippen LogP contribution is 2.42. The lowest BCUT2D eigenvalue weighted by atomic mass is 9.77. The minimum atomic E-state index is -1.79. The van der Waals surface area contributed by atoms with Gasteiger partial charge in [0, 0.05) is 86.5 Å². The van der Waals surface area contributed by atoms with Gasteiger partial charge in [0.05, 0.1) is 17.1 Å².